The van der Waals surface area contributed by atoms with Crippen molar-refractivity contribution in [2.45, 2.75) is 36.6 Å². The number of fused-ring (bicyclic) bond motifs is 2. The molecule has 0 saturated heterocycles. The molecule has 0 radical (unpaired) electrons. The van der Waals surface area contributed by atoms with Crippen LogP contribution < -0.4 is 4.72 Å². The molecular weight excluding hydrogens is 672 g/mol. The Balaban J connectivity index is 1.31. The largest absolute Gasteiger partial charge is 0.478 e. The molecule has 0 aliphatic rings. The third-order valence-corrected chi connectivity index (χ3v) is 10.7. The van der Waals surface area contributed by atoms with Gasteiger partial charge in [0.15, 0.2) is 5.52 Å². The van der Waals surface area contributed by atoms with Crippen LogP contribution in [0.2, 0.25) is 5.02 Å². The molecular formula is C39H33ClN4O5S. The van der Waals surface area contributed by atoms with Gasteiger partial charge in [-0.3, -0.25) is 0 Å². The van der Waals surface area contributed by atoms with Gasteiger partial charge in [-0.2, -0.15) is 0 Å². The summed E-state index contributed by atoms with van der Waals surface area (Å²) in [5.41, 5.74) is 7.06. The van der Waals surface area contributed by atoms with E-state index in [4.69, 9.17) is 16.2 Å². The second kappa shape index (κ2) is 14.3. The number of carboxylic acids is 1. The van der Waals surface area contributed by atoms with Crippen molar-refractivity contribution in [2.24, 2.45) is 0 Å². The number of hydrogen-bond donors (Lipinski definition) is 2. The Kier molecular flexibility index (Phi) is 9.49. The van der Waals surface area contributed by atoms with Crippen LogP contribution in [-0.4, -0.2) is 40.9 Å². The van der Waals surface area contributed by atoms with Crippen LogP contribution in [0.4, 0.5) is 0 Å². The van der Waals surface area contributed by atoms with Gasteiger partial charge in [0.2, 0.25) is 10.0 Å². The molecule has 0 atom stereocenters. The fourth-order valence-electron chi connectivity index (χ4n) is 6.68. The Morgan fingerprint density at radius 1 is 0.820 bits per heavy atom. The third kappa shape index (κ3) is 6.78. The fraction of sp³-hybridized carbons (Fsp3) is 0.154. The predicted octanol–water partition coefficient (Wildman–Crippen LogP) is 7.86. The van der Waals surface area contributed by atoms with Crippen LogP contribution in [0.25, 0.3) is 21.9 Å². The zero-order valence-electron chi connectivity index (χ0n) is 26.9. The second-order valence-electron chi connectivity index (χ2n) is 12.1. The summed E-state index contributed by atoms with van der Waals surface area (Å²) in [4.78, 5) is 11.4. The van der Waals surface area contributed by atoms with Crippen LogP contribution >= 0.6 is 11.6 Å². The molecule has 11 heteroatoms. The first kappa shape index (κ1) is 33.2. The van der Waals surface area contributed by atoms with Gasteiger partial charge in [0.1, 0.15) is 10.4 Å². The van der Waals surface area contributed by atoms with E-state index in [-0.39, 0.29) is 28.6 Å². The molecule has 0 fully saturated rings. The first-order valence-corrected chi connectivity index (χ1v) is 18.1. The van der Waals surface area contributed by atoms with Crippen molar-refractivity contribution in [3.8, 4) is 0 Å². The molecule has 252 valence electrons. The minimum absolute atomic E-state index is 0.00385. The summed E-state index contributed by atoms with van der Waals surface area (Å²) in [6.45, 7) is 0.119. The van der Waals surface area contributed by atoms with E-state index in [1.807, 2.05) is 66.7 Å². The fourth-order valence-corrected chi connectivity index (χ4v) is 8.03. The molecule has 7 rings (SSSR count). The van der Waals surface area contributed by atoms with Crippen molar-refractivity contribution in [3.63, 3.8) is 0 Å². The highest BCUT2D eigenvalue weighted by molar-refractivity contribution is 7.89. The Labute approximate surface area is 294 Å². The number of aryl methyl sites for hydroxylation is 2. The van der Waals surface area contributed by atoms with Gasteiger partial charge in [-0.25, -0.2) is 22.6 Å². The highest BCUT2D eigenvalue weighted by Gasteiger charge is 2.26. The molecule has 0 aliphatic carbocycles. The number of aromatic carboxylic acids is 1. The van der Waals surface area contributed by atoms with Gasteiger partial charge in [-0.15, -0.1) is 0 Å². The molecule has 0 saturated carbocycles. The van der Waals surface area contributed by atoms with E-state index in [0.29, 0.717) is 23.4 Å². The Morgan fingerprint density at radius 3 is 2.20 bits per heavy atom. The van der Waals surface area contributed by atoms with Crippen LogP contribution in [-0.2, 0) is 29.3 Å². The number of halogens is 1. The van der Waals surface area contributed by atoms with E-state index >= 15 is 0 Å². The van der Waals surface area contributed by atoms with Crippen molar-refractivity contribution < 1.29 is 22.9 Å². The average molecular weight is 705 g/mol. The van der Waals surface area contributed by atoms with Crippen molar-refractivity contribution in [1.29, 1.82) is 0 Å². The van der Waals surface area contributed by atoms with Gasteiger partial charge in [-0.05, 0) is 94.3 Å². The number of carbonyl (C=O) groups is 1. The second-order valence-corrected chi connectivity index (χ2v) is 14.2. The first-order valence-electron chi connectivity index (χ1n) is 16.2. The van der Waals surface area contributed by atoms with Crippen LogP contribution in [0.1, 0.15) is 50.8 Å². The zero-order chi connectivity index (χ0) is 34.7. The minimum atomic E-state index is -3.96. The SMILES string of the molecule is O=C(O)c1ccc(CCCc2c(CCNS(=O)(=O)c3cccc4nonc34)n(C(c3ccccc3)c3ccccc3)c3ccc(Cl)cc23)cc1. The molecule has 50 heavy (non-hydrogen) atoms. The third-order valence-electron chi connectivity index (χ3n) is 8.96. The van der Waals surface area contributed by atoms with Gasteiger partial charge in [0.05, 0.1) is 11.6 Å². The smallest absolute Gasteiger partial charge is 0.335 e. The van der Waals surface area contributed by atoms with E-state index in [0.717, 1.165) is 51.7 Å². The summed E-state index contributed by atoms with van der Waals surface area (Å²) in [6.07, 6.45) is 2.58. The molecule has 9 nitrogen and oxygen atoms in total. The van der Waals surface area contributed by atoms with Crippen molar-refractivity contribution in [1.82, 2.24) is 19.6 Å². The topological polar surface area (TPSA) is 127 Å². The quantitative estimate of drug-likeness (QED) is 0.125. The van der Waals surface area contributed by atoms with Crippen molar-refractivity contribution >= 4 is 49.5 Å². The summed E-state index contributed by atoms with van der Waals surface area (Å²) in [5, 5.41) is 18.6. The molecule has 0 amide bonds. The van der Waals surface area contributed by atoms with E-state index in [1.165, 1.54) is 6.07 Å². The maximum atomic E-state index is 13.6. The molecule has 2 N–H and O–H groups in total. The normalized spacial score (nSPS) is 11.9. The predicted molar refractivity (Wildman–Crippen MR) is 193 cm³/mol. The number of nitrogens with zero attached hydrogens (tertiary/aromatic N) is 3. The zero-order valence-corrected chi connectivity index (χ0v) is 28.4. The molecule has 2 heterocycles. The van der Waals surface area contributed by atoms with Crippen molar-refractivity contribution in [2.75, 3.05) is 6.54 Å². The number of aromatic nitrogens is 3. The van der Waals surface area contributed by atoms with Crippen LogP contribution in [0.5, 0.6) is 0 Å². The summed E-state index contributed by atoms with van der Waals surface area (Å²) >= 11 is 6.64. The molecule has 7 aromatic rings. The number of benzene rings is 5. The molecule has 0 aliphatic heterocycles. The van der Waals surface area contributed by atoms with Gasteiger partial charge >= 0.3 is 5.97 Å². The standard InChI is InChI=1S/C39H33ClN4O5S/c40-30-21-22-34-32(25-30)31(14-7-9-26-17-19-29(20-18-26)39(45)46)35(23-24-41-50(47,48)36-16-8-15-33-37(36)43-49-42-33)44(34)38(27-10-3-1-4-11-27)28-12-5-2-6-13-28/h1-6,8,10-13,15-22,25,38,41H,7,9,14,23-24H2,(H,45,46). The lowest BCUT2D eigenvalue weighted by Crippen LogP contribution is -2.27. The van der Waals surface area contributed by atoms with Crippen LogP contribution in [0, 0.1) is 0 Å². The number of rotatable bonds is 13. The number of nitrogens with one attached hydrogen (secondary N) is 1. The van der Waals surface area contributed by atoms with Crippen LogP contribution in [0.15, 0.2) is 131 Å². The summed E-state index contributed by atoms with van der Waals surface area (Å²) in [6, 6.07) is 37.9. The van der Waals surface area contributed by atoms with Crippen molar-refractivity contribution in [3.05, 3.63) is 160 Å². The molecule has 0 unspecified atom stereocenters. The highest BCUT2D eigenvalue weighted by Crippen LogP contribution is 2.38. The highest BCUT2D eigenvalue weighted by atomic mass is 35.5. The van der Waals surface area contributed by atoms with Gasteiger partial charge in [0.25, 0.3) is 0 Å². The molecule has 0 spiro atoms. The van der Waals surface area contributed by atoms with E-state index in [9.17, 15) is 18.3 Å². The van der Waals surface area contributed by atoms with Gasteiger partial charge in [-0.1, -0.05) is 90.5 Å². The minimum Gasteiger partial charge on any atom is -0.478 e. The molecule has 5 aromatic carbocycles. The average Bonchev–Trinajstić information content (AvgIpc) is 3.72. The lowest BCUT2D eigenvalue weighted by atomic mass is 9.97. The lowest BCUT2D eigenvalue weighted by Gasteiger charge is -2.25. The summed E-state index contributed by atoms with van der Waals surface area (Å²) in [7, 11) is -3.96. The summed E-state index contributed by atoms with van der Waals surface area (Å²) in [5.74, 6) is -0.956. The van der Waals surface area contributed by atoms with Gasteiger partial charge in [0, 0.05) is 34.6 Å². The maximum Gasteiger partial charge on any atom is 0.335 e. The molecule has 0 bridgehead atoms. The first-order chi connectivity index (χ1) is 24.3. The molecule has 2 aromatic heterocycles. The van der Waals surface area contributed by atoms with E-state index < -0.39 is 16.0 Å². The van der Waals surface area contributed by atoms with Gasteiger partial charge < -0.3 is 9.67 Å². The lowest BCUT2D eigenvalue weighted by molar-refractivity contribution is 0.0697. The van der Waals surface area contributed by atoms with Crippen LogP contribution in [0.3, 0.4) is 0 Å². The Bertz CT molecular complexity index is 2350. The number of hydrogen-bond acceptors (Lipinski definition) is 6. The summed E-state index contributed by atoms with van der Waals surface area (Å²) < 4.78 is 37.2. The number of sulfonamides is 1. The van der Waals surface area contributed by atoms with E-state index in [2.05, 4.69) is 43.9 Å². The maximum absolute atomic E-state index is 13.6. The monoisotopic (exact) mass is 704 g/mol. The Hall–Kier alpha value is -5.29. The Morgan fingerprint density at radius 2 is 1.52 bits per heavy atom. The number of carboxylic acid groups (broad SMARTS) is 1. The van der Waals surface area contributed by atoms with E-state index in [1.54, 1.807) is 24.3 Å².